The largest absolute Gasteiger partial charge is 0.469 e. The van der Waals surface area contributed by atoms with E-state index in [1.807, 2.05) is 13.8 Å². The SMILES string of the molecule is CCOC(CN(C(N)=O)C1CCC(CCC(=O)OC)CC1)OCC. The fourth-order valence-corrected chi connectivity index (χ4v) is 3.27. The summed E-state index contributed by atoms with van der Waals surface area (Å²) < 4.78 is 15.7. The molecular weight excluding hydrogens is 312 g/mol. The van der Waals surface area contributed by atoms with Gasteiger partial charge in [-0.3, -0.25) is 4.79 Å². The van der Waals surface area contributed by atoms with E-state index in [0.717, 1.165) is 32.1 Å². The molecule has 0 unspecified atom stereocenters. The van der Waals surface area contributed by atoms with Gasteiger partial charge in [-0.15, -0.1) is 0 Å². The summed E-state index contributed by atoms with van der Waals surface area (Å²) in [6.07, 6.45) is 4.61. The van der Waals surface area contributed by atoms with Gasteiger partial charge >= 0.3 is 12.0 Å². The van der Waals surface area contributed by atoms with Crippen LogP contribution in [0, 0.1) is 5.92 Å². The van der Waals surface area contributed by atoms with E-state index >= 15 is 0 Å². The molecule has 1 rings (SSSR count). The Hall–Kier alpha value is -1.34. The predicted molar refractivity (Wildman–Crippen MR) is 90.3 cm³/mol. The number of amides is 2. The maximum atomic E-state index is 11.9. The van der Waals surface area contributed by atoms with E-state index in [1.54, 1.807) is 4.90 Å². The fraction of sp³-hybridized carbons (Fsp3) is 0.882. The number of urea groups is 1. The molecule has 1 saturated carbocycles. The molecule has 7 heteroatoms. The Balaban J connectivity index is 2.50. The molecule has 0 aliphatic heterocycles. The van der Waals surface area contributed by atoms with Crippen LogP contribution in [0.2, 0.25) is 0 Å². The number of hydrogen-bond acceptors (Lipinski definition) is 5. The van der Waals surface area contributed by atoms with Crippen molar-refractivity contribution < 1.29 is 23.8 Å². The van der Waals surface area contributed by atoms with Crippen molar-refractivity contribution in [2.75, 3.05) is 26.9 Å². The van der Waals surface area contributed by atoms with Gasteiger partial charge in [0.2, 0.25) is 0 Å². The number of carbonyl (C=O) groups is 2. The van der Waals surface area contributed by atoms with Crippen molar-refractivity contribution in [1.29, 1.82) is 0 Å². The topological polar surface area (TPSA) is 91.1 Å². The number of methoxy groups -OCH3 is 1. The molecule has 0 aromatic rings. The van der Waals surface area contributed by atoms with Crippen LogP contribution < -0.4 is 5.73 Å². The lowest BCUT2D eigenvalue weighted by molar-refractivity contribution is -0.146. The maximum Gasteiger partial charge on any atom is 0.315 e. The van der Waals surface area contributed by atoms with Crippen LogP contribution in [-0.2, 0) is 19.0 Å². The van der Waals surface area contributed by atoms with Gasteiger partial charge in [-0.05, 0) is 51.9 Å². The lowest BCUT2D eigenvalue weighted by Gasteiger charge is -2.37. The molecule has 24 heavy (non-hydrogen) atoms. The van der Waals surface area contributed by atoms with Crippen LogP contribution in [0.15, 0.2) is 0 Å². The fourth-order valence-electron chi connectivity index (χ4n) is 3.27. The molecule has 1 fully saturated rings. The van der Waals surface area contributed by atoms with Crippen molar-refractivity contribution in [2.24, 2.45) is 11.7 Å². The van der Waals surface area contributed by atoms with Crippen LogP contribution in [0.4, 0.5) is 4.79 Å². The molecule has 1 aliphatic rings. The summed E-state index contributed by atoms with van der Waals surface area (Å²) in [5, 5.41) is 0. The van der Waals surface area contributed by atoms with Crippen LogP contribution in [0.1, 0.15) is 52.4 Å². The highest BCUT2D eigenvalue weighted by atomic mass is 16.7. The van der Waals surface area contributed by atoms with Crippen LogP contribution in [0.5, 0.6) is 0 Å². The van der Waals surface area contributed by atoms with E-state index in [4.69, 9.17) is 15.2 Å². The van der Waals surface area contributed by atoms with Gasteiger partial charge in [0.25, 0.3) is 0 Å². The average molecular weight is 344 g/mol. The van der Waals surface area contributed by atoms with Crippen molar-refractivity contribution in [3.8, 4) is 0 Å². The summed E-state index contributed by atoms with van der Waals surface area (Å²) in [5.41, 5.74) is 5.57. The zero-order valence-electron chi connectivity index (χ0n) is 15.2. The average Bonchev–Trinajstić information content (AvgIpc) is 2.58. The number of primary amides is 1. The number of nitrogens with zero attached hydrogens (tertiary/aromatic N) is 1. The number of esters is 1. The zero-order valence-corrected chi connectivity index (χ0v) is 15.2. The van der Waals surface area contributed by atoms with E-state index in [2.05, 4.69) is 4.74 Å². The molecule has 1 aliphatic carbocycles. The molecule has 0 radical (unpaired) electrons. The van der Waals surface area contributed by atoms with Gasteiger partial charge in [0.1, 0.15) is 0 Å². The lowest BCUT2D eigenvalue weighted by Crippen LogP contribution is -2.49. The van der Waals surface area contributed by atoms with Crippen molar-refractivity contribution in [1.82, 2.24) is 4.90 Å². The highest BCUT2D eigenvalue weighted by molar-refractivity contribution is 5.72. The molecule has 0 aromatic heterocycles. The Morgan fingerprint density at radius 1 is 1.12 bits per heavy atom. The lowest BCUT2D eigenvalue weighted by atomic mass is 9.83. The van der Waals surface area contributed by atoms with Crippen molar-refractivity contribution >= 4 is 12.0 Å². The van der Waals surface area contributed by atoms with Crippen LogP contribution in [0.25, 0.3) is 0 Å². The Labute approximate surface area is 144 Å². The highest BCUT2D eigenvalue weighted by Gasteiger charge is 2.30. The summed E-state index contributed by atoms with van der Waals surface area (Å²) in [5.74, 6) is 0.344. The van der Waals surface area contributed by atoms with E-state index in [0.29, 0.717) is 32.1 Å². The van der Waals surface area contributed by atoms with Crippen LogP contribution in [0.3, 0.4) is 0 Å². The Morgan fingerprint density at radius 2 is 1.71 bits per heavy atom. The molecule has 0 spiro atoms. The summed E-state index contributed by atoms with van der Waals surface area (Å²) in [4.78, 5) is 24.8. The smallest absolute Gasteiger partial charge is 0.315 e. The molecule has 0 heterocycles. The minimum absolute atomic E-state index is 0.111. The Kier molecular flexibility index (Phi) is 9.71. The Morgan fingerprint density at radius 3 is 2.17 bits per heavy atom. The van der Waals surface area contributed by atoms with Gasteiger partial charge < -0.3 is 24.8 Å². The van der Waals surface area contributed by atoms with Gasteiger partial charge in [-0.1, -0.05) is 0 Å². The van der Waals surface area contributed by atoms with Gasteiger partial charge in [0, 0.05) is 25.7 Å². The molecule has 0 saturated heterocycles. The number of rotatable bonds is 10. The first kappa shape index (κ1) is 20.7. The molecule has 0 bridgehead atoms. The first-order valence-electron chi connectivity index (χ1n) is 8.87. The van der Waals surface area contributed by atoms with Crippen LogP contribution in [-0.4, -0.2) is 56.1 Å². The molecule has 2 N–H and O–H groups in total. The van der Waals surface area contributed by atoms with E-state index in [1.165, 1.54) is 7.11 Å². The quantitative estimate of drug-likeness (QED) is 0.485. The van der Waals surface area contributed by atoms with Gasteiger partial charge in [0.05, 0.1) is 13.7 Å². The zero-order chi connectivity index (χ0) is 17.9. The molecule has 7 nitrogen and oxygen atoms in total. The summed E-state index contributed by atoms with van der Waals surface area (Å²) in [6.45, 7) is 5.20. The minimum Gasteiger partial charge on any atom is -0.469 e. The van der Waals surface area contributed by atoms with Gasteiger partial charge in [-0.2, -0.15) is 0 Å². The van der Waals surface area contributed by atoms with E-state index in [-0.39, 0.29) is 12.0 Å². The number of nitrogens with two attached hydrogens (primary N) is 1. The second-order valence-corrected chi connectivity index (χ2v) is 6.12. The van der Waals surface area contributed by atoms with Gasteiger partial charge in [-0.25, -0.2) is 4.79 Å². The van der Waals surface area contributed by atoms with Crippen LogP contribution >= 0.6 is 0 Å². The maximum absolute atomic E-state index is 11.9. The van der Waals surface area contributed by atoms with Crippen molar-refractivity contribution in [3.63, 3.8) is 0 Å². The minimum atomic E-state index is -0.440. The normalized spacial score (nSPS) is 20.8. The van der Waals surface area contributed by atoms with Crippen molar-refractivity contribution in [2.45, 2.75) is 64.7 Å². The third kappa shape index (κ3) is 7.05. The highest BCUT2D eigenvalue weighted by Crippen LogP contribution is 2.30. The second kappa shape index (κ2) is 11.3. The second-order valence-electron chi connectivity index (χ2n) is 6.12. The molecule has 0 aromatic carbocycles. The number of hydrogen-bond donors (Lipinski definition) is 1. The van der Waals surface area contributed by atoms with Gasteiger partial charge in [0.15, 0.2) is 6.29 Å². The van der Waals surface area contributed by atoms with E-state index < -0.39 is 12.3 Å². The predicted octanol–water partition coefficient (Wildman–Crippen LogP) is 2.28. The van der Waals surface area contributed by atoms with Crippen molar-refractivity contribution in [3.05, 3.63) is 0 Å². The molecule has 2 amide bonds. The first-order chi connectivity index (χ1) is 11.5. The number of ether oxygens (including phenoxy) is 3. The molecular formula is C17H32N2O5. The molecule has 0 atom stereocenters. The van der Waals surface area contributed by atoms with E-state index in [9.17, 15) is 9.59 Å². The monoisotopic (exact) mass is 344 g/mol. The third-order valence-electron chi connectivity index (χ3n) is 4.58. The summed E-state index contributed by atoms with van der Waals surface area (Å²) in [6, 6.07) is -0.322. The summed E-state index contributed by atoms with van der Waals surface area (Å²) >= 11 is 0. The molecule has 140 valence electrons. The Bertz CT molecular complexity index is 377. The summed E-state index contributed by atoms with van der Waals surface area (Å²) in [7, 11) is 1.41. The number of carbonyl (C=O) groups excluding carboxylic acids is 2. The first-order valence-corrected chi connectivity index (χ1v) is 8.87. The standard InChI is InChI=1S/C17H32N2O5/c1-4-23-16(24-5-2)12-19(17(18)21)14-9-6-13(7-10-14)8-11-15(20)22-3/h13-14,16H,4-12H2,1-3H3,(H2,18,21). The third-order valence-corrected chi connectivity index (χ3v) is 4.58.